The van der Waals surface area contributed by atoms with Gasteiger partial charge in [0.1, 0.15) is 5.75 Å². The van der Waals surface area contributed by atoms with E-state index in [1.165, 1.54) is 24.3 Å². The summed E-state index contributed by atoms with van der Waals surface area (Å²) in [5.74, 6) is -0.158. The first-order valence-corrected chi connectivity index (χ1v) is 9.49. The van der Waals surface area contributed by atoms with Gasteiger partial charge in [0, 0.05) is 18.2 Å². The van der Waals surface area contributed by atoms with E-state index in [1.54, 1.807) is 12.1 Å². The Balaban J connectivity index is 1.44. The Morgan fingerprint density at radius 1 is 1.07 bits per heavy atom. The largest absolute Gasteiger partial charge is 0.573 e. The molecule has 0 heterocycles. The monoisotopic (exact) mass is 421 g/mol. The molecule has 1 fully saturated rings. The molecule has 0 radical (unpaired) electrons. The van der Waals surface area contributed by atoms with Crippen LogP contribution in [0.25, 0.3) is 0 Å². The van der Waals surface area contributed by atoms with Crippen molar-refractivity contribution in [3.8, 4) is 5.75 Å². The molecule has 0 saturated heterocycles. The number of ether oxygens (including phenoxy) is 1. The number of hydrogen-bond donors (Lipinski definition) is 3. The minimum absolute atomic E-state index is 0.0336. The highest BCUT2D eigenvalue weighted by Crippen LogP contribution is 2.30. The fraction of sp³-hybridized carbons (Fsp3) is 0.333. The van der Waals surface area contributed by atoms with Crippen molar-refractivity contribution < 1.29 is 27.5 Å². The highest BCUT2D eigenvalue weighted by atomic mass is 19.4. The highest BCUT2D eigenvalue weighted by molar-refractivity contribution is 5.94. The summed E-state index contributed by atoms with van der Waals surface area (Å²) in [4.78, 5) is 23.9. The third kappa shape index (κ3) is 6.68. The maximum absolute atomic E-state index is 12.2. The van der Waals surface area contributed by atoms with Gasteiger partial charge in [-0.25, -0.2) is 4.79 Å². The molecule has 1 saturated carbocycles. The quantitative estimate of drug-likeness (QED) is 0.616. The lowest BCUT2D eigenvalue weighted by molar-refractivity contribution is -0.274. The summed E-state index contributed by atoms with van der Waals surface area (Å²) in [5.41, 5.74) is 2.21. The van der Waals surface area contributed by atoms with E-state index in [4.69, 9.17) is 0 Å². The van der Waals surface area contributed by atoms with Crippen molar-refractivity contribution in [2.24, 2.45) is 5.92 Å². The van der Waals surface area contributed by atoms with Crippen LogP contribution in [-0.4, -0.2) is 18.3 Å². The zero-order valence-electron chi connectivity index (χ0n) is 16.3. The van der Waals surface area contributed by atoms with E-state index in [1.807, 2.05) is 19.1 Å². The van der Waals surface area contributed by atoms with Gasteiger partial charge >= 0.3 is 12.4 Å². The van der Waals surface area contributed by atoms with E-state index in [2.05, 4.69) is 20.7 Å². The third-order valence-corrected chi connectivity index (χ3v) is 4.58. The molecular weight excluding hydrogens is 399 g/mol. The first-order chi connectivity index (χ1) is 14.2. The normalized spacial score (nSPS) is 14.5. The Morgan fingerprint density at radius 2 is 1.70 bits per heavy atom. The minimum atomic E-state index is -4.74. The summed E-state index contributed by atoms with van der Waals surface area (Å²) in [6, 6.07) is 11.8. The maximum Gasteiger partial charge on any atom is 0.573 e. The Kier molecular flexibility index (Phi) is 6.49. The zero-order chi connectivity index (χ0) is 21.7. The third-order valence-electron chi connectivity index (χ3n) is 4.58. The van der Waals surface area contributed by atoms with E-state index < -0.39 is 12.4 Å². The lowest BCUT2D eigenvalue weighted by Gasteiger charge is -2.16. The van der Waals surface area contributed by atoms with Crippen LogP contribution in [0.4, 0.5) is 23.7 Å². The molecule has 1 aliphatic carbocycles. The number of benzene rings is 2. The van der Waals surface area contributed by atoms with Crippen molar-refractivity contribution in [2.45, 2.75) is 38.7 Å². The molecule has 3 rings (SSSR count). The second-order valence-corrected chi connectivity index (χ2v) is 7.13. The standard InChI is InChI=1S/C21H22F3N3O3/c1-13(15-6-8-17(9-7-15)27-19(28)16-4-5-16)26-20(29)25-12-14-2-10-18(11-3-14)30-21(22,23)24/h2-3,6-11,13,16H,4-5,12H2,1H3,(H,27,28)(H2,25,26,29). The molecule has 3 amide bonds. The van der Waals surface area contributed by atoms with Crippen molar-refractivity contribution >= 4 is 17.6 Å². The molecule has 1 aliphatic rings. The van der Waals surface area contributed by atoms with Crippen molar-refractivity contribution in [3.63, 3.8) is 0 Å². The van der Waals surface area contributed by atoms with Crippen LogP contribution < -0.4 is 20.7 Å². The summed E-state index contributed by atoms with van der Waals surface area (Å²) >= 11 is 0. The predicted octanol–water partition coefficient (Wildman–Crippen LogP) is 4.49. The molecule has 1 atom stereocenters. The van der Waals surface area contributed by atoms with Crippen molar-refractivity contribution in [1.29, 1.82) is 0 Å². The Bertz CT molecular complexity index is 879. The van der Waals surface area contributed by atoms with E-state index in [9.17, 15) is 22.8 Å². The fourth-order valence-electron chi connectivity index (χ4n) is 2.77. The number of hydrogen-bond acceptors (Lipinski definition) is 3. The molecule has 2 aromatic carbocycles. The number of alkyl halides is 3. The summed E-state index contributed by atoms with van der Waals surface area (Å²) in [5, 5.41) is 8.30. The lowest BCUT2D eigenvalue weighted by Crippen LogP contribution is -2.36. The minimum Gasteiger partial charge on any atom is -0.406 e. The number of halogens is 3. The average Bonchev–Trinajstić information content (AvgIpc) is 3.52. The highest BCUT2D eigenvalue weighted by Gasteiger charge is 2.31. The van der Waals surface area contributed by atoms with Gasteiger partial charge in [-0.2, -0.15) is 0 Å². The molecule has 2 aromatic rings. The Morgan fingerprint density at radius 3 is 2.27 bits per heavy atom. The zero-order valence-corrected chi connectivity index (χ0v) is 16.3. The van der Waals surface area contributed by atoms with Gasteiger partial charge in [0.15, 0.2) is 0 Å². The van der Waals surface area contributed by atoms with Crippen LogP contribution in [0.2, 0.25) is 0 Å². The number of urea groups is 1. The summed E-state index contributed by atoms with van der Waals surface area (Å²) in [6.07, 6.45) is -2.87. The van der Waals surface area contributed by atoms with Crippen LogP contribution in [0.1, 0.15) is 36.9 Å². The molecule has 160 valence electrons. The Hall–Kier alpha value is -3.23. The molecule has 0 spiro atoms. The first kappa shape index (κ1) is 21.5. The van der Waals surface area contributed by atoms with Gasteiger partial charge in [0.2, 0.25) is 5.91 Å². The summed E-state index contributed by atoms with van der Waals surface area (Å²) < 4.78 is 40.3. The second kappa shape index (κ2) is 9.06. The van der Waals surface area contributed by atoms with Crippen LogP contribution in [0.3, 0.4) is 0 Å². The van der Waals surface area contributed by atoms with Gasteiger partial charge in [-0.3, -0.25) is 4.79 Å². The predicted molar refractivity (Wildman–Crippen MR) is 105 cm³/mol. The molecule has 9 heteroatoms. The van der Waals surface area contributed by atoms with Gasteiger partial charge in [-0.1, -0.05) is 24.3 Å². The van der Waals surface area contributed by atoms with Gasteiger partial charge < -0.3 is 20.7 Å². The van der Waals surface area contributed by atoms with E-state index in [0.29, 0.717) is 11.3 Å². The van der Waals surface area contributed by atoms with Crippen LogP contribution in [-0.2, 0) is 11.3 Å². The number of carbonyl (C=O) groups excluding carboxylic acids is 2. The van der Waals surface area contributed by atoms with Crippen molar-refractivity contribution in [1.82, 2.24) is 10.6 Å². The number of rotatable bonds is 7. The van der Waals surface area contributed by atoms with Crippen molar-refractivity contribution in [2.75, 3.05) is 5.32 Å². The number of amides is 3. The molecule has 0 bridgehead atoms. The molecule has 3 N–H and O–H groups in total. The van der Waals surface area contributed by atoms with Crippen molar-refractivity contribution in [3.05, 3.63) is 59.7 Å². The molecule has 30 heavy (non-hydrogen) atoms. The SMILES string of the molecule is CC(NC(=O)NCc1ccc(OC(F)(F)F)cc1)c1ccc(NC(=O)C2CC2)cc1. The lowest BCUT2D eigenvalue weighted by atomic mass is 10.1. The second-order valence-electron chi connectivity index (χ2n) is 7.13. The van der Waals surface area contributed by atoms with E-state index in [0.717, 1.165) is 18.4 Å². The van der Waals surface area contributed by atoms with E-state index in [-0.39, 0.29) is 30.2 Å². The number of anilines is 1. The number of nitrogens with one attached hydrogen (secondary N) is 3. The smallest absolute Gasteiger partial charge is 0.406 e. The van der Waals surface area contributed by atoms with Crippen LogP contribution >= 0.6 is 0 Å². The van der Waals surface area contributed by atoms with Gasteiger partial charge in [0.25, 0.3) is 0 Å². The average molecular weight is 421 g/mol. The van der Waals surface area contributed by atoms with Crippen LogP contribution in [0.15, 0.2) is 48.5 Å². The van der Waals surface area contributed by atoms with Gasteiger partial charge in [-0.15, -0.1) is 13.2 Å². The molecular formula is C21H22F3N3O3. The molecule has 0 aromatic heterocycles. The molecule has 1 unspecified atom stereocenters. The maximum atomic E-state index is 12.2. The summed E-state index contributed by atoms with van der Waals surface area (Å²) in [6.45, 7) is 1.97. The van der Waals surface area contributed by atoms with Gasteiger partial charge in [-0.05, 0) is 55.2 Å². The fourth-order valence-corrected chi connectivity index (χ4v) is 2.77. The van der Waals surface area contributed by atoms with E-state index >= 15 is 0 Å². The first-order valence-electron chi connectivity index (χ1n) is 9.49. The Labute approximate surface area is 171 Å². The summed E-state index contributed by atoms with van der Waals surface area (Å²) in [7, 11) is 0. The molecule has 0 aliphatic heterocycles. The van der Waals surface area contributed by atoms with Crippen LogP contribution in [0, 0.1) is 5.92 Å². The van der Waals surface area contributed by atoms with Crippen LogP contribution in [0.5, 0.6) is 5.75 Å². The van der Waals surface area contributed by atoms with Gasteiger partial charge in [0.05, 0.1) is 6.04 Å². The number of carbonyl (C=O) groups is 2. The molecule has 6 nitrogen and oxygen atoms in total. The topological polar surface area (TPSA) is 79.5 Å².